The fourth-order valence-electron chi connectivity index (χ4n) is 1.60. The van der Waals surface area contributed by atoms with Gasteiger partial charge in [-0.2, -0.15) is 0 Å². The van der Waals surface area contributed by atoms with Crippen LogP contribution in [0.4, 0.5) is 0 Å². The molecule has 0 aliphatic heterocycles. The minimum Gasteiger partial charge on any atom is -0.489 e. The van der Waals surface area contributed by atoms with Crippen LogP contribution in [0.15, 0.2) is 54.6 Å². The fraction of sp³-hybridized carbons (Fsp3) is 0.188. The summed E-state index contributed by atoms with van der Waals surface area (Å²) in [6, 6.07) is 17.2. The molecule has 1 unspecified atom stereocenters. The maximum atomic E-state index is 10.5. The Morgan fingerprint density at radius 1 is 1.00 bits per heavy atom. The lowest BCUT2D eigenvalue weighted by molar-refractivity contribution is -0.113. The lowest BCUT2D eigenvalue weighted by Crippen LogP contribution is -2.12. The number of benzene rings is 2. The van der Waals surface area contributed by atoms with Crippen molar-refractivity contribution < 1.29 is 14.3 Å². The van der Waals surface area contributed by atoms with Crippen LogP contribution in [0, 0.1) is 0 Å². The van der Waals surface area contributed by atoms with E-state index < -0.39 is 6.10 Å². The Labute approximate surface area is 112 Å². The van der Waals surface area contributed by atoms with Gasteiger partial charge in [0.2, 0.25) is 0 Å². The van der Waals surface area contributed by atoms with Crippen molar-refractivity contribution in [2.24, 2.45) is 0 Å². The van der Waals surface area contributed by atoms with Gasteiger partial charge in [-0.3, -0.25) is 4.79 Å². The molecule has 3 nitrogen and oxygen atoms in total. The Kier molecular flexibility index (Phi) is 4.56. The van der Waals surface area contributed by atoms with Gasteiger partial charge < -0.3 is 9.47 Å². The van der Waals surface area contributed by atoms with Gasteiger partial charge in [-0.05, 0) is 36.8 Å². The molecular weight excluding hydrogens is 240 g/mol. The van der Waals surface area contributed by atoms with Crippen molar-refractivity contribution in [3.05, 3.63) is 60.2 Å². The Hall–Kier alpha value is -2.29. The number of rotatable bonds is 6. The summed E-state index contributed by atoms with van der Waals surface area (Å²) < 4.78 is 11.0. The molecule has 3 heteroatoms. The molecule has 0 spiro atoms. The normalized spacial score (nSPS) is 11.6. The van der Waals surface area contributed by atoms with Crippen LogP contribution >= 0.6 is 0 Å². The molecule has 0 radical (unpaired) electrons. The van der Waals surface area contributed by atoms with Crippen molar-refractivity contribution in [2.75, 3.05) is 0 Å². The lowest BCUT2D eigenvalue weighted by Gasteiger charge is -2.10. The number of carbonyl (C=O) groups is 1. The van der Waals surface area contributed by atoms with E-state index in [-0.39, 0.29) is 0 Å². The first kappa shape index (κ1) is 13.1. The zero-order chi connectivity index (χ0) is 13.5. The third-order valence-corrected chi connectivity index (χ3v) is 2.59. The Balaban J connectivity index is 1.90. The Morgan fingerprint density at radius 3 is 2.26 bits per heavy atom. The number of ether oxygens (including phenoxy) is 2. The van der Waals surface area contributed by atoms with Gasteiger partial charge in [0.15, 0.2) is 12.4 Å². The highest BCUT2D eigenvalue weighted by Crippen LogP contribution is 2.19. The molecule has 2 rings (SSSR count). The maximum Gasteiger partial charge on any atom is 0.160 e. The molecule has 98 valence electrons. The van der Waals surface area contributed by atoms with Gasteiger partial charge in [-0.25, -0.2) is 0 Å². The molecule has 19 heavy (non-hydrogen) atoms. The highest BCUT2D eigenvalue weighted by Gasteiger charge is 2.02. The number of hydrogen-bond donors (Lipinski definition) is 0. The van der Waals surface area contributed by atoms with Crippen LogP contribution in [-0.2, 0) is 11.4 Å². The Bertz CT molecular complexity index is 505. The van der Waals surface area contributed by atoms with E-state index in [1.54, 1.807) is 19.1 Å². The van der Waals surface area contributed by atoms with E-state index in [0.717, 1.165) is 17.6 Å². The van der Waals surface area contributed by atoms with E-state index in [1.165, 1.54) is 0 Å². The predicted octanol–water partition coefficient (Wildman–Crippen LogP) is 3.23. The van der Waals surface area contributed by atoms with Gasteiger partial charge in [0, 0.05) is 0 Å². The van der Waals surface area contributed by atoms with Crippen LogP contribution in [0.5, 0.6) is 11.5 Å². The van der Waals surface area contributed by atoms with E-state index in [0.29, 0.717) is 12.4 Å². The molecular formula is C16H16O3. The van der Waals surface area contributed by atoms with Gasteiger partial charge in [-0.1, -0.05) is 30.3 Å². The van der Waals surface area contributed by atoms with E-state index >= 15 is 0 Å². The third kappa shape index (κ3) is 4.14. The van der Waals surface area contributed by atoms with Crippen LogP contribution in [0.2, 0.25) is 0 Å². The molecule has 0 aromatic heterocycles. The van der Waals surface area contributed by atoms with Crippen molar-refractivity contribution in [2.45, 2.75) is 19.6 Å². The summed E-state index contributed by atoms with van der Waals surface area (Å²) in [6.07, 6.45) is 0.330. The summed E-state index contributed by atoms with van der Waals surface area (Å²) in [6.45, 7) is 2.23. The average molecular weight is 256 g/mol. The zero-order valence-electron chi connectivity index (χ0n) is 10.8. The predicted molar refractivity (Wildman–Crippen MR) is 73.4 cm³/mol. The van der Waals surface area contributed by atoms with Crippen molar-refractivity contribution >= 4 is 6.29 Å². The maximum absolute atomic E-state index is 10.5. The zero-order valence-corrected chi connectivity index (χ0v) is 10.8. The number of aldehydes is 1. The first-order valence-electron chi connectivity index (χ1n) is 6.16. The van der Waals surface area contributed by atoms with Crippen molar-refractivity contribution in [1.29, 1.82) is 0 Å². The van der Waals surface area contributed by atoms with Crippen LogP contribution in [-0.4, -0.2) is 12.4 Å². The van der Waals surface area contributed by atoms with Crippen LogP contribution in [0.3, 0.4) is 0 Å². The van der Waals surface area contributed by atoms with Crippen LogP contribution in [0.1, 0.15) is 12.5 Å². The van der Waals surface area contributed by atoms with Crippen LogP contribution in [0.25, 0.3) is 0 Å². The van der Waals surface area contributed by atoms with E-state index in [4.69, 9.17) is 9.47 Å². The smallest absolute Gasteiger partial charge is 0.160 e. The molecule has 0 saturated heterocycles. The summed E-state index contributed by atoms with van der Waals surface area (Å²) in [5.41, 5.74) is 1.12. The quantitative estimate of drug-likeness (QED) is 0.744. The first-order valence-corrected chi connectivity index (χ1v) is 6.16. The minimum atomic E-state index is -0.434. The molecule has 0 saturated carbocycles. The van der Waals surface area contributed by atoms with Gasteiger partial charge in [-0.15, -0.1) is 0 Å². The summed E-state index contributed by atoms with van der Waals surface area (Å²) >= 11 is 0. The molecule has 0 heterocycles. The summed E-state index contributed by atoms with van der Waals surface area (Å²) in [4.78, 5) is 10.5. The van der Waals surface area contributed by atoms with Crippen LogP contribution < -0.4 is 9.47 Å². The van der Waals surface area contributed by atoms with E-state index in [9.17, 15) is 4.79 Å². The largest absolute Gasteiger partial charge is 0.489 e. The summed E-state index contributed by atoms with van der Waals surface area (Å²) in [7, 11) is 0. The second-order valence-corrected chi connectivity index (χ2v) is 4.20. The minimum absolute atomic E-state index is 0.434. The highest BCUT2D eigenvalue weighted by molar-refractivity contribution is 5.56. The van der Waals surface area contributed by atoms with E-state index in [2.05, 4.69) is 0 Å². The molecule has 0 bridgehead atoms. The standard InChI is InChI=1S/C16H16O3/c1-13(11-17)19-16-9-7-15(8-10-16)18-12-14-5-3-2-4-6-14/h2-11,13H,12H2,1H3. The van der Waals surface area contributed by atoms with Gasteiger partial charge in [0.1, 0.15) is 18.1 Å². The molecule has 0 amide bonds. The SMILES string of the molecule is CC(C=O)Oc1ccc(OCc2ccccc2)cc1. The number of carbonyl (C=O) groups excluding carboxylic acids is 1. The summed E-state index contributed by atoms with van der Waals surface area (Å²) in [5.74, 6) is 1.43. The molecule has 0 aliphatic carbocycles. The second kappa shape index (κ2) is 6.59. The van der Waals surface area contributed by atoms with Gasteiger partial charge in [0.25, 0.3) is 0 Å². The van der Waals surface area contributed by atoms with Gasteiger partial charge in [0.05, 0.1) is 0 Å². The molecule has 0 aliphatic rings. The monoisotopic (exact) mass is 256 g/mol. The Morgan fingerprint density at radius 2 is 1.63 bits per heavy atom. The molecule has 0 fully saturated rings. The fourth-order valence-corrected chi connectivity index (χ4v) is 1.60. The molecule has 2 aromatic rings. The molecule has 1 atom stereocenters. The third-order valence-electron chi connectivity index (χ3n) is 2.59. The molecule has 2 aromatic carbocycles. The first-order chi connectivity index (χ1) is 9.28. The number of hydrogen-bond acceptors (Lipinski definition) is 3. The van der Waals surface area contributed by atoms with Gasteiger partial charge >= 0.3 is 0 Å². The van der Waals surface area contributed by atoms with E-state index in [1.807, 2.05) is 42.5 Å². The summed E-state index contributed by atoms with van der Waals surface area (Å²) in [5, 5.41) is 0. The second-order valence-electron chi connectivity index (χ2n) is 4.20. The molecule has 0 N–H and O–H groups in total. The van der Waals surface area contributed by atoms with Crippen molar-refractivity contribution in [3.8, 4) is 11.5 Å². The lowest BCUT2D eigenvalue weighted by atomic mass is 10.2. The van der Waals surface area contributed by atoms with Crippen molar-refractivity contribution in [1.82, 2.24) is 0 Å². The topological polar surface area (TPSA) is 35.5 Å². The highest BCUT2D eigenvalue weighted by atomic mass is 16.5. The van der Waals surface area contributed by atoms with Crippen molar-refractivity contribution in [3.63, 3.8) is 0 Å². The average Bonchev–Trinajstić information content (AvgIpc) is 2.47.